The van der Waals surface area contributed by atoms with Gasteiger partial charge in [0.05, 0.1) is 13.2 Å². The van der Waals surface area contributed by atoms with Crippen molar-refractivity contribution in [2.75, 3.05) is 50.8 Å². The first-order chi connectivity index (χ1) is 15.7. The van der Waals surface area contributed by atoms with Crippen LogP contribution in [-0.4, -0.2) is 62.8 Å². The number of rotatable bonds is 4. The highest BCUT2D eigenvalue weighted by Gasteiger charge is 2.35. The Balaban J connectivity index is 0.00000228. The number of halogens is 1. The molecular weight excluding hydrogens is 438 g/mol. The molecule has 1 amide bonds. The number of benzene rings is 2. The SMILES string of the molecule is Cl.O=C(N[C@H]1CN2CCC1CC2)c1cc2cccc(-c3ccc(N4CCOCC4)cc3)c2o1. The van der Waals surface area contributed by atoms with Gasteiger partial charge in [-0.05, 0) is 55.6 Å². The number of ether oxygens (including phenoxy) is 1. The molecule has 3 aromatic rings. The van der Waals surface area contributed by atoms with Gasteiger partial charge in [0.2, 0.25) is 0 Å². The van der Waals surface area contributed by atoms with Crippen LogP contribution < -0.4 is 10.2 Å². The number of nitrogens with one attached hydrogen (secondary N) is 1. The van der Waals surface area contributed by atoms with Crippen molar-refractivity contribution >= 4 is 35.0 Å². The largest absolute Gasteiger partial charge is 0.450 e. The normalized spacial score (nSPS) is 24.5. The number of hydrogen-bond acceptors (Lipinski definition) is 5. The fraction of sp³-hybridized carbons (Fsp3) is 0.423. The molecule has 4 fully saturated rings. The van der Waals surface area contributed by atoms with Gasteiger partial charge >= 0.3 is 0 Å². The third-order valence-electron chi connectivity index (χ3n) is 7.30. The fourth-order valence-corrected chi connectivity index (χ4v) is 5.44. The molecule has 2 aromatic carbocycles. The maximum Gasteiger partial charge on any atom is 0.287 e. The number of para-hydroxylation sites is 1. The molecule has 4 aliphatic heterocycles. The van der Waals surface area contributed by atoms with E-state index in [2.05, 4.69) is 45.4 Å². The van der Waals surface area contributed by atoms with Gasteiger partial charge in [-0.3, -0.25) is 4.79 Å². The van der Waals surface area contributed by atoms with Crippen molar-refractivity contribution < 1.29 is 13.9 Å². The lowest BCUT2D eigenvalue weighted by Gasteiger charge is -2.44. The van der Waals surface area contributed by atoms with Crippen LogP contribution in [0.3, 0.4) is 0 Å². The highest BCUT2D eigenvalue weighted by molar-refractivity contribution is 6.00. The standard InChI is InChI=1S/C26H29N3O3.ClH/c30-26(27-23-17-28-10-8-19(23)9-11-28)24-16-20-2-1-3-22(25(20)32-24)18-4-6-21(7-5-18)29-12-14-31-15-13-29;/h1-7,16,19,23H,8-15,17H2,(H,27,30);1H/t23-;/m0./s1. The number of piperidine rings is 3. The second-order valence-corrected chi connectivity index (χ2v) is 9.20. The first kappa shape index (κ1) is 22.3. The van der Waals surface area contributed by atoms with E-state index in [0.717, 1.165) is 68.0 Å². The van der Waals surface area contributed by atoms with Crippen molar-refractivity contribution in [2.45, 2.75) is 18.9 Å². The van der Waals surface area contributed by atoms with E-state index >= 15 is 0 Å². The molecule has 1 N–H and O–H groups in total. The van der Waals surface area contributed by atoms with Crippen LogP contribution >= 0.6 is 12.4 Å². The molecule has 1 atom stereocenters. The van der Waals surface area contributed by atoms with Crippen molar-refractivity contribution in [3.05, 3.63) is 54.3 Å². The summed E-state index contributed by atoms with van der Waals surface area (Å²) in [6.07, 6.45) is 2.35. The van der Waals surface area contributed by atoms with Crippen LogP contribution in [0.5, 0.6) is 0 Å². The van der Waals surface area contributed by atoms with Gasteiger partial charge < -0.3 is 24.3 Å². The number of anilines is 1. The Morgan fingerprint density at radius 1 is 0.970 bits per heavy atom. The van der Waals surface area contributed by atoms with Crippen molar-refractivity contribution in [2.24, 2.45) is 5.92 Å². The smallest absolute Gasteiger partial charge is 0.287 e. The summed E-state index contributed by atoms with van der Waals surface area (Å²) in [6.45, 7) is 6.67. The second kappa shape index (κ2) is 9.37. The van der Waals surface area contributed by atoms with Crippen LogP contribution in [0.15, 0.2) is 52.9 Å². The molecule has 4 aliphatic rings. The first-order valence-corrected chi connectivity index (χ1v) is 11.7. The number of fused-ring (bicyclic) bond motifs is 4. The quantitative estimate of drug-likeness (QED) is 0.623. The molecule has 6 nitrogen and oxygen atoms in total. The lowest BCUT2D eigenvalue weighted by molar-refractivity contribution is 0.0607. The van der Waals surface area contributed by atoms with E-state index in [1.807, 2.05) is 18.2 Å². The Hall–Kier alpha value is -2.54. The molecule has 0 unspecified atom stereocenters. The van der Waals surface area contributed by atoms with Crippen LogP contribution in [0, 0.1) is 5.92 Å². The van der Waals surface area contributed by atoms with Crippen molar-refractivity contribution in [3.8, 4) is 11.1 Å². The molecule has 1 aromatic heterocycles. The van der Waals surface area contributed by atoms with Crippen molar-refractivity contribution in [1.29, 1.82) is 0 Å². The van der Waals surface area contributed by atoms with Crippen molar-refractivity contribution in [1.82, 2.24) is 10.2 Å². The predicted molar refractivity (Wildman–Crippen MR) is 132 cm³/mol. The van der Waals surface area contributed by atoms with Gasteiger partial charge in [-0.25, -0.2) is 0 Å². The molecule has 2 bridgehead atoms. The minimum atomic E-state index is -0.103. The number of nitrogens with zero attached hydrogens (tertiary/aromatic N) is 2. The Morgan fingerprint density at radius 2 is 1.73 bits per heavy atom. The number of hydrogen-bond donors (Lipinski definition) is 1. The molecule has 174 valence electrons. The summed E-state index contributed by atoms with van der Waals surface area (Å²) in [4.78, 5) is 17.8. The van der Waals surface area contributed by atoms with E-state index < -0.39 is 0 Å². The topological polar surface area (TPSA) is 58.0 Å². The zero-order valence-corrected chi connectivity index (χ0v) is 19.5. The summed E-state index contributed by atoms with van der Waals surface area (Å²) in [5, 5.41) is 4.20. The summed E-state index contributed by atoms with van der Waals surface area (Å²) in [7, 11) is 0. The Morgan fingerprint density at radius 3 is 2.42 bits per heavy atom. The van der Waals surface area contributed by atoms with Gasteiger partial charge in [0.15, 0.2) is 5.76 Å². The molecule has 0 saturated carbocycles. The van der Waals surface area contributed by atoms with Crippen LogP contribution in [-0.2, 0) is 4.74 Å². The number of carbonyl (C=O) groups is 1. The van der Waals surface area contributed by atoms with Gasteiger partial charge in [-0.15, -0.1) is 12.4 Å². The minimum absolute atomic E-state index is 0. The summed E-state index contributed by atoms with van der Waals surface area (Å²) in [6, 6.07) is 16.8. The van der Waals surface area contributed by atoms with E-state index in [0.29, 0.717) is 11.7 Å². The fourth-order valence-electron chi connectivity index (χ4n) is 5.44. The summed E-state index contributed by atoms with van der Waals surface area (Å²) in [5.41, 5.74) is 4.08. The molecule has 0 spiro atoms. The lowest BCUT2D eigenvalue weighted by atomic mass is 9.84. The monoisotopic (exact) mass is 467 g/mol. The maximum absolute atomic E-state index is 13.0. The van der Waals surface area contributed by atoms with E-state index in [-0.39, 0.29) is 24.4 Å². The summed E-state index contributed by atoms with van der Waals surface area (Å²) < 4.78 is 11.6. The Kier molecular flexibility index (Phi) is 6.32. The van der Waals surface area contributed by atoms with Crippen LogP contribution in [0.1, 0.15) is 23.4 Å². The number of furan rings is 1. The van der Waals surface area contributed by atoms with Crippen LogP contribution in [0.25, 0.3) is 22.1 Å². The van der Waals surface area contributed by atoms with Crippen LogP contribution in [0.2, 0.25) is 0 Å². The Labute approximate surface area is 200 Å². The third-order valence-corrected chi connectivity index (χ3v) is 7.30. The average molecular weight is 468 g/mol. The zero-order chi connectivity index (χ0) is 21.5. The highest BCUT2D eigenvalue weighted by Crippen LogP contribution is 2.33. The highest BCUT2D eigenvalue weighted by atomic mass is 35.5. The van der Waals surface area contributed by atoms with Crippen molar-refractivity contribution in [3.63, 3.8) is 0 Å². The van der Waals surface area contributed by atoms with E-state index in [1.165, 1.54) is 18.5 Å². The summed E-state index contributed by atoms with van der Waals surface area (Å²) in [5.74, 6) is 0.885. The van der Waals surface area contributed by atoms with E-state index in [1.54, 1.807) is 0 Å². The molecule has 0 radical (unpaired) electrons. The summed E-state index contributed by atoms with van der Waals surface area (Å²) >= 11 is 0. The van der Waals surface area contributed by atoms with Crippen LogP contribution in [0.4, 0.5) is 5.69 Å². The zero-order valence-electron chi connectivity index (χ0n) is 18.7. The van der Waals surface area contributed by atoms with Gasteiger partial charge in [-0.1, -0.05) is 30.3 Å². The molecule has 7 rings (SSSR count). The second-order valence-electron chi connectivity index (χ2n) is 9.20. The average Bonchev–Trinajstić information content (AvgIpc) is 3.30. The Bertz CT molecular complexity index is 1120. The van der Waals surface area contributed by atoms with Gasteiger partial charge in [0.1, 0.15) is 5.58 Å². The van der Waals surface area contributed by atoms with Gasteiger partial charge in [0, 0.05) is 42.3 Å². The molecule has 4 saturated heterocycles. The molecule has 7 heteroatoms. The number of carbonyl (C=O) groups excluding carboxylic acids is 1. The number of amides is 1. The van der Waals surface area contributed by atoms with Gasteiger partial charge in [-0.2, -0.15) is 0 Å². The minimum Gasteiger partial charge on any atom is -0.450 e. The molecule has 0 aliphatic carbocycles. The first-order valence-electron chi connectivity index (χ1n) is 11.7. The van der Waals surface area contributed by atoms with E-state index in [9.17, 15) is 4.79 Å². The molecule has 33 heavy (non-hydrogen) atoms. The maximum atomic E-state index is 13.0. The third kappa shape index (κ3) is 4.35. The lowest BCUT2D eigenvalue weighted by Crippen LogP contribution is -2.57. The molecule has 5 heterocycles. The van der Waals surface area contributed by atoms with Gasteiger partial charge in [0.25, 0.3) is 5.91 Å². The van der Waals surface area contributed by atoms with E-state index in [4.69, 9.17) is 9.15 Å². The molecular formula is C26H30ClN3O3. The predicted octanol–water partition coefficient (Wildman–Crippen LogP) is 4.18. The number of morpholine rings is 1.